The van der Waals surface area contributed by atoms with E-state index in [2.05, 4.69) is 5.32 Å². The molecule has 2 aromatic rings. The number of anilines is 1. The molecule has 0 unspecified atom stereocenters. The number of benzene rings is 2. The van der Waals surface area contributed by atoms with E-state index >= 15 is 0 Å². The number of carbonyl (C=O) groups excluding carboxylic acids is 2. The van der Waals surface area contributed by atoms with Crippen LogP contribution in [0.5, 0.6) is 5.75 Å². The van der Waals surface area contributed by atoms with E-state index in [4.69, 9.17) is 26.3 Å². The fourth-order valence-corrected chi connectivity index (χ4v) is 2.64. The average Bonchev–Trinajstić information content (AvgIpc) is 2.64. The van der Waals surface area contributed by atoms with Gasteiger partial charge < -0.3 is 14.8 Å². The topological polar surface area (TPSA) is 88.4 Å². The SMILES string of the molecule is Cc1ccc(C(C)C)c(OCC(=O)OCC(=O)Nc2cc(Cl)ccc2C#N)c1. The number of nitrogens with one attached hydrogen (secondary N) is 1. The van der Waals surface area contributed by atoms with E-state index in [1.807, 2.05) is 45.0 Å². The molecule has 0 atom stereocenters. The maximum absolute atomic E-state index is 12.0. The van der Waals surface area contributed by atoms with Gasteiger partial charge in [0.2, 0.25) is 0 Å². The molecule has 6 nitrogen and oxygen atoms in total. The summed E-state index contributed by atoms with van der Waals surface area (Å²) in [5, 5.41) is 11.9. The molecule has 1 N–H and O–H groups in total. The van der Waals surface area contributed by atoms with Crippen molar-refractivity contribution in [2.75, 3.05) is 18.5 Å². The molecule has 0 radical (unpaired) electrons. The van der Waals surface area contributed by atoms with Gasteiger partial charge in [-0.1, -0.05) is 37.6 Å². The van der Waals surface area contributed by atoms with Gasteiger partial charge in [0.1, 0.15) is 11.8 Å². The van der Waals surface area contributed by atoms with Gasteiger partial charge in [-0.25, -0.2) is 4.79 Å². The van der Waals surface area contributed by atoms with Crippen LogP contribution in [0.4, 0.5) is 5.69 Å². The van der Waals surface area contributed by atoms with Crippen LogP contribution in [0.1, 0.15) is 36.5 Å². The molecule has 1 amide bonds. The summed E-state index contributed by atoms with van der Waals surface area (Å²) >= 11 is 5.87. The van der Waals surface area contributed by atoms with Crippen LogP contribution in [0.2, 0.25) is 5.02 Å². The Bertz CT molecular complexity index is 919. The molecule has 2 aromatic carbocycles. The lowest BCUT2D eigenvalue weighted by Gasteiger charge is -2.14. The molecular weight excluding hydrogens is 380 g/mol. The lowest BCUT2D eigenvalue weighted by atomic mass is 10.0. The molecule has 0 aliphatic heterocycles. The lowest BCUT2D eigenvalue weighted by Crippen LogP contribution is -2.24. The van der Waals surface area contributed by atoms with Gasteiger partial charge in [0.05, 0.1) is 11.3 Å². The van der Waals surface area contributed by atoms with Gasteiger partial charge in [-0.05, 0) is 48.2 Å². The molecule has 0 heterocycles. The number of ether oxygens (including phenoxy) is 2. The van der Waals surface area contributed by atoms with Crippen molar-refractivity contribution in [1.29, 1.82) is 5.26 Å². The van der Waals surface area contributed by atoms with Crippen molar-refractivity contribution in [3.63, 3.8) is 0 Å². The van der Waals surface area contributed by atoms with Crippen molar-refractivity contribution in [3.05, 3.63) is 58.1 Å². The van der Waals surface area contributed by atoms with E-state index in [0.29, 0.717) is 10.8 Å². The Balaban J connectivity index is 1.88. The molecule has 0 aliphatic rings. The number of hydrogen-bond acceptors (Lipinski definition) is 5. The monoisotopic (exact) mass is 400 g/mol. The summed E-state index contributed by atoms with van der Waals surface area (Å²) in [7, 11) is 0. The molecule has 0 saturated heterocycles. The average molecular weight is 401 g/mol. The first-order valence-electron chi connectivity index (χ1n) is 8.68. The molecule has 0 fully saturated rings. The van der Waals surface area contributed by atoms with Crippen molar-refractivity contribution in [2.45, 2.75) is 26.7 Å². The first-order chi connectivity index (χ1) is 13.3. The van der Waals surface area contributed by atoms with Crippen LogP contribution in [-0.2, 0) is 14.3 Å². The van der Waals surface area contributed by atoms with E-state index in [1.165, 1.54) is 12.1 Å². The predicted molar refractivity (Wildman–Crippen MR) is 107 cm³/mol. The van der Waals surface area contributed by atoms with Crippen molar-refractivity contribution in [3.8, 4) is 11.8 Å². The van der Waals surface area contributed by atoms with Crippen molar-refractivity contribution in [2.24, 2.45) is 0 Å². The van der Waals surface area contributed by atoms with Crippen molar-refractivity contribution in [1.82, 2.24) is 0 Å². The standard InChI is InChI=1S/C21H21ClN2O4/c1-13(2)17-7-4-14(3)8-19(17)27-12-21(26)28-11-20(25)24-18-9-16(22)6-5-15(18)10-23/h4-9,13H,11-12H2,1-3H3,(H,24,25). The van der Waals surface area contributed by atoms with E-state index in [1.54, 1.807) is 6.07 Å². The highest BCUT2D eigenvalue weighted by molar-refractivity contribution is 6.31. The summed E-state index contributed by atoms with van der Waals surface area (Å²) in [6.45, 7) is 5.20. The van der Waals surface area contributed by atoms with E-state index in [-0.39, 0.29) is 23.8 Å². The zero-order chi connectivity index (χ0) is 20.7. The molecule has 0 aromatic heterocycles. The summed E-state index contributed by atoms with van der Waals surface area (Å²) in [6, 6.07) is 12.2. The third-order valence-corrected chi connectivity index (χ3v) is 4.11. The van der Waals surface area contributed by atoms with Gasteiger partial charge in [0.25, 0.3) is 5.91 Å². The molecule has 0 saturated carbocycles. The highest BCUT2D eigenvalue weighted by Crippen LogP contribution is 2.27. The summed E-state index contributed by atoms with van der Waals surface area (Å²) in [6.07, 6.45) is 0. The Morgan fingerprint density at radius 3 is 2.61 bits per heavy atom. The summed E-state index contributed by atoms with van der Waals surface area (Å²) < 4.78 is 10.5. The van der Waals surface area contributed by atoms with Gasteiger partial charge in [-0.2, -0.15) is 5.26 Å². The predicted octanol–water partition coefficient (Wildman–Crippen LogP) is 4.20. The number of nitriles is 1. The number of halogens is 1. The van der Waals surface area contributed by atoms with Crippen LogP contribution in [0.3, 0.4) is 0 Å². The van der Waals surface area contributed by atoms with Gasteiger partial charge in [0, 0.05) is 5.02 Å². The number of rotatable bonds is 7. The van der Waals surface area contributed by atoms with Crippen molar-refractivity contribution < 1.29 is 19.1 Å². The number of hydrogen-bond donors (Lipinski definition) is 1. The highest BCUT2D eigenvalue weighted by atomic mass is 35.5. The Kier molecular flexibility index (Phi) is 7.42. The number of nitrogens with zero attached hydrogens (tertiary/aromatic N) is 1. The van der Waals surface area contributed by atoms with Gasteiger partial charge in [-0.3, -0.25) is 4.79 Å². The smallest absolute Gasteiger partial charge is 0.344 e. The summed E-state index contributed by atoms with van der Waals surface area (Å²) in [4.78, 5) is 23.9. The molecule has 0 spiro atoms. The third kappa shape index (κ3) is 6.00. The first-order valence-corrected chi connectivity index (χ1v) is 9.06. The van der Waals surface area contributed by atoms with Crippen LogP contribution in [-0.4, -0.2) is 25.1 Å². The summed E-state index contributed by atoms with van der Waals surface area (Å²) in [5.41, 5.74) is 2.52. The van der Waals surface area contributed by atoms with E-state index < -0.39 is 18.5 Å². The van der Waals surface area contributed by atoms with E-state index in [9.17, 15) is 9.59 Å². The Labute approximate surface area is 169 Å². The van der Waals surface area contributed by atoms with Crippen LogP contribution >= 0.6 is 11.6 Å². The van der Waals surface area contributed by atoms with Crippen molar-refractivity contribution >= 4 is 29.2 Å². The normalized spacial score (nSPS) is 10.3. The molecule has 7 heteroatoms. The number of carbonyl (C=O) groups is 2. The minimum Gasteiger partial charge on any atom is -0.482 e. The largest absolute Gasteiger partial charge is 0.482 e. The highest BCUT2D eigenvalue weighted by Gasteiger charge is 2.13. The first kappa shape index (κ1) is 21.3. The summed E-state index contributed by atoms with van der Waals surface area (Å²) in [5.74, 6) is -0.387. The number of esters is 1. The molecule has 146 valence electrons. The van der Waals surface area contributed by atoms with Gasteiger partial charge in [-0.15, -0.1) is 0 Å². The second kappa shape index (κ2) is 9.77. The fraction of sp³-hybridized carbons (Fsp3) is 0.286. The molecule has 0 bridgehead atoms. The molecule has 2 rings (SSSR count). The van der Waals surface area contributed by atoms with Crippen LogP contribution in [0.25, 0.3) is 0 Å². The Hall–Kier alpha value is -3.04. The maximum Gasteiger partial charge on any atom is 0.344 e. The zero-order valence-corrected chi connectivity index (χ0v) is 16.7. The van der Waals surface area contributed by atoms with Crippen LogP contribution < -0.4 is 10.1 Å². The maximum atomic E-state index is 12.0. The van der Waals surface area contributed by atoms with Crippen LogP contribution in [0, 0.1) is 18.3 Å². The fourth-order valence-electron chi connectivity index (χ4n) is 2.47. The molecule has 0 aliphatic carbocycles. The lowest BCUT2D eigenvalue weighted by molar-refractivity contribution is -0.149. The second-order valence-corrected chi connectivity index (χ2v) is 6.93. The minimum atomic E-state index is -0.669. The Morgan fingerprint density at radius 2 is 1.93 bits per heavy atom. The quantitative estimate of drug-likeness (QED) is 0.703. The van der Waals surface area contributed by atoms with Gasteiger partial charge >= 0.3 is 5.97 Å². The molecule has 28 heavy (non-hydrogen) atoms. The number of aryl methyl sites for hydroxylation is 1. The van der Waals surface area contributed by atoms with Crippen LogP contribution in [0.15, 0.2) is 36.4 Å². The third-order valence-electron chi connectivity index (χ3n) is 3.88. The van der Waals surface area contributed by atoms with Gasteiger partial charge in [0.15, 0.2) is 13.2 Å². The Morgan fingerprint density at radius 1 is 1.18 bits per heavy atom. The van der Waals surface area contributed by atoms with E-state index in [0.717, 1.165) is 11.1 Å². The zero-order valence-electron chi connectivity index (χ0n) is 15.9. The molecular formula is C21H21ClN2O4. The number of amides is 1. The minimum absolute atomic E-state index is 0.240. The second-order valence-electron chi connectivity index (χ2n) is 6.50.